The van der Waals surface area contributed by atoms with Crippen LogP contribution in [0.15, 0.2) is 55.1 Å². The molecule has 0 amide bonds. The SMILES string of the molecule is O=C1C2=C(S/C1=C1/SC3=C(C1=O)[C@H]1C=C[C@@H]3CC1)[C@H]1C=C[C@@H]2CC1. The molecule has 0 fully saturated rings. The van der Waals surface area contributed by atoms with Gasteiger partial charge in [-0.25, -0.2) is 0 Å². The number of carbonyl (C=O) groups excluding carboxylic acids is 2. The summed E-state index contributed by atoms with van der Waals surface area (Å²) in [5.41, 5.74) is 2.00. The Morgan fingerprint density at radius 3 is 1.33 bits per heavy atom. The number of rotatable bonds is 0. The first kappa shape index (κ1) is 14.0. The highest BCUT2D eigenvalue weighted by molar-refractivity contribution is 8.12. The Kier molecular flexibility index (Phi) is 2.72. The van der Waals surface area contributed by atoms with Crippen molar-refractivity contribution in [1.82, 2.24) is 0 Å². The standard InChI is InChI=1S/C20H16O2S2/c21-15-13-9-1-5-11(6-2-9)17(13)23-19(15)20-16(22)14-10-3-7-12(8-4-10)18(14)24-20/h1,3,5,7,9-12H,2,4,6,8H2/b20-19+/t9-,10+,11+,12-. The molecule has 120 valence electrons. The van der Waals surface area contributed by atoms with Crippen molar-refractivity contribution < 1.29 is 9.59 Å². The van der Waals surface area contributed by atoms with E-state index in [0.717, 1.165) is 46.6 Å². The van der Waals surface area contributed by atoms with Crippen LogP contribution in [0.3, 0.4) is 0 Å². The number of hydrogen-bond acceptors (Lipinski definition) is 4. The zero-order chi connectivity index (χ0) is 16.0. The van der Waals surface area contributed by atoms with E-state index >= 15 is 0 Å². The molecule has 0 spiro atoms. The van der Waals surface area contributed by atoms with Crippen molar-refractivity contribution in [2.75, 3.05) is 0 Å². The lowest BCUT2D eigenvalue weighted by Crippen LogP contribution is -2.22. The zero-order valence-corrected chi connectivity index (χ0v) is 14.7. The van der Waals surface area contributed by atoms with Crippen LogP contribution in [0.5, 0.6) is 0 Å². The summed E-state index contributed by atoms with van der Waals surface area (Å²) in [7, 11) is 0. The highest BCUT2D eigenvalue weighted by atomic mass is 32.2. The van der Waals surface area contributed by atoms with Gasteiger partial charge in [-0.05, 0) is 25.7 Å². The van der Waals surface area contributed by atoms with Crippen LogP contribution in [0, 0.1) is 23.7 Å². The molecule has 2 nitrogen and oxygen atoms in total. The molecule has 0 saturated heterocycles. The van der Waals surface area contributed by atoms with Gasteiger partial charge >= 0.3 is 0 Å². The van der Waals surface area contributed by atoms with E-state index in [1.807, 2.05) is 0 Å². The normalized spacial score (nSPS) is 41.8. The predicted molar refractivity (Wildman–Crippen MR) is 97.0 cm³/mol. The van der Waals surface area contributed by atoms with E-state index in [9.17, 15) is 9.59 Å². The van der Waals surface area contributed by atoms with Crippen LogP contribution in [0.1, 0.15) is 25.7 Å². The summed E-state index contributed by atoms with van der Waals surface area (Å²) >= 11 is 3.21. The number of Topliss-reactive ketones (excluding diaryl/α,β-unsaturated/α-hetero) is 2. The molecule has 0 aromatic rings. The van der Waals surface area contributed by atoms with Crippen molar-refractivity contribution in [3.8, 4) is 0 Å². The van der Waals surface area contributed by atoms with Crippen LogP contribution >= 0.6 is 23.5 Å². The summed E-state index contributed by atoms with van der Waals surface area (Å²) in [5, 5.41) is 0. The predicted octanol–water partition coefficient (Wildman–Crippen LogP) is 4.53. The van der Waals surface area contributed by atoms with Crippen LogP contribution in [-0.4, -0.2) is 11.6 Å². The van der Waals surface area contributed by atoms with E-state index in [2.05, 4.69) is 24.3 Å². The van der Waals surface area contributed by atoms with Crippen LogP contribution in [0.2, 0.25) is 0 Å². The molecular formula is C20H16O2S2. The summed E-state index contributed by atoms with van der Waals surface area (Å²) in [4.78, 5) is 30.1. The zero-order valence-electron chi connectivity index (χ0n) is 13.1. The number of hydrogen-bond donors (Lipinski definition) is 0. The molecule has 6 aliphatic carbocycles. The van der Waals surface area contributed by atoms with Gasteiger partial charge in [0.2, 0.25) is 0 Å². The smallest absolute Gasteiger partial charge is 0.198 e. The molecular weight excluding hydrogens is 336 g/mol. The minimum absolute atomic E-state index is 0.144. The van der Waals surface area contributed by atoms with Crippen molar-refractivity contribution in [2.45, 2.75) is 25.7 Å². The third-order valence-corrected chi connectivity index (χ3v) is 9.01. The minimum Gasteiger partial charge on any atom is -0.288 e. The summed E-state index contributed by atoms with van der Waals surface area (Å²) in [5.74, 6) is 1.66. The van der Waals surface area contributed by atoms with Gasteiger partial charge in [0.25, 0.3) is 0 Å². The number of thioether (sulfide) groups is 2. The maximum Gasteiger partial charge on any atom is 0.198 e. The second-order valence-electron chi connectivity index (χ2n) is 7.43. The Hall–Kier alpha value is -1.26. The third-order valence-electron chi connectivity index (χ3n) is 6.21. The second-order valence-corrected chi connectivity index (χ2v) is 9.53. The number of carbonyl (C=O) groups is 2. The van der Waals surface area contributed by atoms with Gasteiger partial charge in [-0.1, -0.05) is 47.8 Å². The van der Waals surface area contributed by atoms with Crippen LogP contribution < -0.4 is 0 Å². The van der Waals surface area contributed by atoms with Gasteiger partial charge in [-0.3, -0.25) is 9.59 Å². The fraction of sp³-hybridized carbons (Fsp3) is 0.400. The van der Waals surface area contributed by atoms with Crippen molar-refractivity contribution in [3.63, 3.8) is 0 Å². The Bertz CT molecular complexity index is 811. The first-order valence-electron chi connectivity index (χ1n) is 8.76. The van der Waals surface area contributed by atoms with E-state index in [4.69, 9.17) is 0 Å². The van der Waals surface area contributed by atoms with E-state index in [0.29, 0.717) is 11.8 Å². The number of fused-ring (bicyclic) bond motifs is 2. The Morgan fingerprint density at radius 1 is 0.625 bits per heavy atom. The average Bonchev–Trinajstić information content (AvgIpc) is 3.18. The second kappa shape index (κ2) is 4.67. The van der Waals surface area contributed by atoms with Gasteiger partial charge in [0.1, 0.15) is 0 Å². The van der Waals surface area contributed by atoms with Gasteiger partial charge in [-0.15, -0.1) is 0 Å². The summed E-state index contributed by atoms with van der Waals surface area (Å²) in [6.45, 7) is 0. The molecule has 4 bridgehead atoms. The molecule has 4 atom stereocenters. The van der Waals surface area contributed by atoms with Gasteiger partial charge in [-0.2, -0.15) is 0 Å². The third kappa shape index (κ3) is 1.62. The first-order valence-corrected chi connectivity index (χ1v) is 10.4. The molecule has 0 N–H and O–H groups in total. The summed E-state index contributed by atoms with van der Waals surface area (Å²) in [6, 6.07) is 0. The fourth-order valence-corrected chi connectivity index (χ4v) is 7.87. The molecule has 8 rings (SSSR count). The van der Waals surface area contributed by atoms with E-state index in [1.165, 1.54) is 9.81 Å². The largest absolute Gasteiger partial charge is 0.288 e. The maximum absolute atomic E-state index is 13.1. The topological polar surface area (TPSA) is 34.1 Å². The highest BCUT2D eigenvalue weighted by Gasteiger charge is 2.47. The maximum atomic E-state index is 13.1. The van der Waals surface area contributed by atoms with E-state index < -0.39 is 0 Å². The van der Waals surface area contributed by atoms with E-state index in [-0.39, 0.29) is 23.4 Å². The molecule has 0 aromatic heterocycles. The van der Waals surface area contributed by atoms with Gasteiger partial charge in [0.15, 0.2) is 11.6 Å². The molecule has 0 aromatic carbocycles. The molecule has 0 saturated carbocycles. The lowest BCUT2D eigenvalue weighted by atomic mass is 9.74. The molecule has 2 heterocycles. The highest BCUT2D eigenvalue weighted by Crippen LogP contribution is 2.59. The van der Waals surface area contributed by atoms with Crippen LogP contribution in [-0.2, 0) is 9.59 Å². The minimum atomic E-state index is 0.144. The molecule has 0 radical (unpaired) electrons. The van der Waals surface area contributed by atoms with Gasteiger partial charge < -0.3 is 0 Å². The Morgan fingerprint density at radius 2 is 1.00 bits per heavy atom. The van der Waals surface area contributed by atoms with Crippen LogP contribution in [0.4, 0.5) is 0 Å². The number of ketones is 2. The fourth-order valence-electron chi connectivity index (χ4n) is 5.00. The lowest BCUT2D eigenvalue weighted by Gasteiger charge is -2.30. The summed E-state index contributed by atoms with van der Waals surface area (Å²) in [6.07, 6.45) is 13.4. The Balaban J connectivity index is 1.42. The molecule has 2 aliphatic heterocycles. The Labute approximate surface area is 149 Å². The quantitative estimate of drug-likeness (QED) is 0.474. The summed E-state index contributed by atoms with van der Waals surface area (Å²) < 4.78 is 0. The molecule has 4 heteroatoms. The van der Waals surface area contributed by atoms with E-state index in [1.54, 1.807) is 23.5 Å². The van der Waals surface area contributed by atoms with Crippen molar-refractivity contribution in [2.24, 2.45) is 23.7 Å². The molecule has 0 unspecified atom stereocenters. The average molecular weight is 352 g/mol. The monoisotopic (exact) mass is 352 g/mol. The lowest BCUT2D eigenvalue weighted by molar-refractivity contribution is -0.114. The van der Waals surface area contributed by atoms with Crippen molar-refractivity contribution in [3.05, 3.63) is 55.1 Å². The molecule has 24 heavy (non-hydrogen) atoms. The van der Waals surface area contributed by atoms with Crippen molar-refractivity contribution in [1.29, 1.82) is 0 Å². The van der Waals surface area contributed by atoms with Crippen molar-refractivity contribution >= 4 is 35.1 Å². The molecule has 8 aliphatic rings. The van der Waals surface area contributed by atoms with Gasteiger partial charge in [0.05, 0.1) is 9.81 Å². The van der Waals surface area contributed by atoms with Crippen LogP contribution in [0.25, 0.3) is 0 Å². The van der Waals surface area contributed by atoms with Gasteiger partial charge in [0, 0.05) is 44.6 Å². The first-order chi connectivity index (χ1) is 11.7. The number of allylic oxidation sites excluding steroid dienone is 10.